The van der Waals surface area contributed by atoms with Gasteiger partial charge in [0.05, 0.1) is 12.8 Å². The van der Waals surface area contributed by atoms with Gasteiger partial charge in [-0.05, 0) is 65.7 Å². The van der Waals surface area contributed by atoms with Gasteiger partial charge < -0.3 is 20.3 Å². The van der Waals surface area contributed by atoms with Crippen molar-refractivity contribution in [2.75, 3.05) is 26.5 Å². The Kier molecular flexibility index (Phi) is 7.41. The van der Waals surface area contributed by atoms with E-state index < -0.39 is 0 Å². The zero-order chi connectivity index (χ0) is 28.2. The van der Waals surface area contributed by atoms with E-state index in [1.54, 1.807) is 61.1 Å². The van der Waals surface area contributed by atoms with Crippen molar-refractivity contribution in [3.63, 3.8) is 0 Å². The van der Waals surface area contributed by atoms with Crippen molar-refractivity contribution in [3.8, 4) is 16.9 Å². The Morgan fingerprint density at radius 1 is 0.925 bits per heavy atom. The van der Waals surface area contributed by atoms with Gasteiger partial charge in [0.25, 0.3) is 11.8 Å². The van der Waals surface area contributed by atoms with Crippen molar-refractivity contribution in [1.82, 2.24) is 24.8 Å². The average molecular weight is 539 g/mol. The molecule has 0 bridgehead atoms. The summed E-state index contributed by atoms with van der Waals surface area (Å²) in [5, 5.41) is 10.5. The molecule has 3 aromatic carbocycles. The van der Waals surface area contributed by atoms with E-state index >= 15 is 0 Å². The first-order valence-electron chi connectivity index (χ1n) is 12.5. The Hall–Kier alpha value is -5.25. The fourth-order valence-electron chi connectivity index (χ4n) is 4.11. The fourth-order valence-corrected chi connectivity index (χ4v) is 4.11. The minimum absolute atomic E-state index is 0.123. The molecule has 9 nitrogen and oxygen atoms in total. The van der Waals surface area contributed by atoms with E-state index in [4.69, 9.17) is 4.74 Å². The number of fused-ring (bicyclic) bond motifs is 1. The van der Waals surface area contributed by atoms with Gasteiger partial charge in [-0.2, -0.15) is 4.98 Å². The van der Waals surface area contributed by atoms with Gasteiger partial charge in [-0.1, -0.05) is 24.3 Å². The lowest BCUT2D eigenvalue weighted by atomic mass is 10.1. The summed E-state index contributed by atoms with van der Waals surface area (Å²) in [7, 11) is 4.92. The Bertz CT molecular complexity index is 1680. The number of nitrogens with one attached hydrogen (secondary N) is 2. The van der Waals surface area contributed by atoms with E-state index in [1.165, 1.54) is 24.1 Å². The predicted octanol–water partition coefficient (Wildman–Crippen LogP) is 4.92. The van der Waals surface area contributed by atoms with Gasteiger partial charge in [0.15, 0.2) is 5.65 Å². The summed E-state index contributed by atoms with van der Waals surface area (Å²) in [6, 6.07) is 22.2. The standard InChI is InChI=1S/C30H27FN6O3/c1-36(2)29(39)22-10-14-25(26(16-22)40-3)33-30-34-27-15-11-23(18-37(27)35-30)20-6-8-21(9-7-20)28(38)32-17-19-4-12-24(31)13-5-19/h4-16,18H,17H2,1-3H3,(H,32,38)(H,33,35). The summed E-state index contributed by atoms with van der Waals surface area (Å²) in [4.78, 5) is 30.9. The van der Waals surface area contributed by atoms with Gasteiger partial charge in [0.1, 0.15) is 11.6 Å². The van der Waals surface area contributed by atoms with Crippen molar-refractivity contribution in [2.45, 2.75) is 6.54 Å². The van der Waals surface area contributed by atoms with Crippen LogP contribution in [0.4, 0.5) is 16.0 Å². The molecule has 40 heavy (non-hydrogen) atoms. The molecule has 202 valence electrons. The Morgan fingerprint density at radius 2 is 1.62 bits per heavy atom. The van der Waals surface area contributed by atoms with Crippen LogP contribution in [-0.4, -0.2) is 52.5 Å². The third-order valence-corrected chi connectivity index (χ3v) is 6.28. The van der Waals surface area contributed by atoms with E-state index in [9.17, 15) is 14.0 Å². The summed E-state index contributed by atoms with van der Waals surface area (Å²) < 4.78 is 20.2. The highest BCUT2D eigenvalue weighted by Gasteiger charge is 2.14. The first-order chi connectivity index (χ1) is 19.3. The molecule has 2 aromatic heterocycles. The van der Waals surface area contributed by atoms with Crippen molar-refractivity contribution < 1.29 is 18.7 Å². The lowest BCUT2D eigenvalue weighted by Crippen LogP contribution is -2.22. The maximum Gasteiger partial charge on any atom is 0.253 e. The number of amides is 2. The number of methoxy groups -OCH3 is 1. The molecule has 10 heteroatoms. The van der Waals surface area contributed by atoms with Crippen molar-refractivity contribution in [1.29, 1.82) is 0 Å². The largest absolute Gasteiger partial charge is 0.495 e. The molecule has 0 fully saturated rings. The molecule has 5 rings (SSSR count). The number of carbonyl (C=O) groups is 2. The molecule has 0 aliphatic heterocycles. The maximum absolute atomic E-state index is 13.1. The molecular weight excluding hydrogens is 511 g/mol. The van der Waals surface area contributed by atoms with Crippen LogP contribution in [0.5, 0.6) is 5.75 Å². The number of carbonyl (C=O) groups excluding carboxylic acids is 2. The second-order valence-electron chi connectivity index (χ2n) is 9.28. The summed E-state index contributed by atoms with van der Waals surface area (Å²) in [6.45, 7) is 0.310. The Balaban J connectivity index is 1.29. The van der Waals surface area contributed by atoms with Crippen LogP contribution in [0.25, 0.3) is 16.8 Å². The molecule has 2 amide bonds. The number of hydrogen-bond donors (Lipinski definition) is 2. The minimum Gasteiger partial charge on any atom is -0.495 e. The summed E-state index contributed by atoms with van der Waals surface area (Å²) in [5.74, 6) is 0.214. The summed E-state index contributed by atoms with van der Waals surface area (Å²) in [5.41, 5.74) is 4.92. The van der Waals surface area contributed by atoms with Crippen LogP contribution >= 0.6 is 0 Å². The van der Waals surface area contributed by atoms with Crippen LogP contribution in [0.15, 0.2) is 85.1 Å². The number of aromatic nitrogens is 3. The number of halogens is 1. The minimum atomic E-state index is -0.313. The quantitative estimate of drug-likeness (QED) is 0.291. The van der Waals surface area contributed by atoms with Crippen molar-refractivity contribution in [3.05, 3.63) is 108 Å². The lowest BCUT2D eigenvalue weighted by Gasteiger charge is -2.13. The van der Waals surface area contributed by atoms with Gasteiger partial charge in [-0.3, -0.25) is 9.59 Å². The molecule has 0 saturated heterocycles. The molecular formula is C30H27FN6O3. The molecule has 0 aliphatic rings. The fraction of sp³-hybridized carbons (Fsp3) is 0.133. The van der Waals surface area contributed by atoms with Crippen molar-refractivity contribution >= 4 is 29.1 Å². The Labute approximate surface area is 230 Å². The van der Waals surface area contributed by atoms with Gasteiger partial charge in [-0.25, -0.2) is 8.91 Å². The third kappa shape index (κ3) is 5.75. The number of benzene rings is 3. The molecule has 0 atom stereocenters. The molecule has 0 radical (unpaired) electrons. The normalized spacial score (nSPS) is 10.8. The molecule has 2 heterocycles. The zero-order valence-corrected chi connectivity index (χ0v) is 22.2. The van der Waals surface area contributed by atoms with E-state index in [2.05, 4.69) is 20.7 Å². The highest BCUT2D eigenvalue weighted by molar-refractivity contribution is 5.95. The molecule has 0 aliphatic carbocycles. The average Bonchev–Trinajstić information content (AvgIpc) is 3.38. The SMILES string of the molecule is COc1cc(C(=O)N(C)C)ccc1Nc1nc2ccc(-c3ccc(C(=O)NCc4ccc(F)cc4)cc3)cn2n1. The second kappa shape index (κ2) is 11.2. The maximum atomic E-state index is 13.1. The number of hydrogen-bond acceptors (Lipinski definition) is 6. The highest BCUT2D eigenvalue weighted by atomic mass is 19.1. The summed E-state index contributed by atoms with van der Waals surface area (Å²) >= 11 is 0. The number of anilines is 2. The Morgan fingerprint density at radius 3 is 2.33 bits per heavy atom. The number of nitrogens with zero attached hydrogens (tertiary/aromatic N) is 4. The van der Waals surface area contributed by atoms with E-state index in [0.717, 1.165) is 16.7 Å². The first-order valence-corrected chi connectivity index (χ1v) is 12.5. The predicted molar refractivity (Wildman–Crippen MR) is 150 cm³/mol. The highest BCUT2D eigenvalue weighted by Crippen LogP contribution is 2.29. The second-order valence-corrected chi connectivity index (χ2v) is 9.28. The molecule has 0 saturated carbocycles. The van der Waals surface area contributed by atoms with Crippen LogP contribution in [0.1, 0.15) is 26.3 Å². The van der Waals surface area contributed by atoms with Gasteiger partial charge in [-0.15, -0.1) is 5.10 Å². The summed E-state index contributed by atoms with van der Waals surface area (Å²) in [6.07, 6.45) is 1.85. The number of rotatable bonds is 8. The van der Waals surface area contributed by atoms with Crippen LogP contribution in [0.2, 0.25) is 0 Å². The number of pyridine rings is 1. The van der Waals surface area contributed by atoms with Gasteiger partial charge >= 0.3 is 0 Å². The van der Waals surface area contributed by atoms with Crippen LogP contribution in [0, 0.1) is 5.82 Å². The van der Waals surface area contributed by atoms with Crippen LogP contribution in [-0.2, 0) is 6.54 Å². The molecule has 0 unspecified atom stereocenters. The first kappa shape index (κ1) is 26.4. The van der Waals surface area contributed by atoms with Gasteiger partial charge in [0.2, 0.25) is 5.95 Å². The molecule has 0 spiro atoms. The molecule has 5 aromatic rings. The number of ether oxygens (including phenoxy) is 1. The van der Waals surface area contributed by atoms with Gasteiger partial charge in [0, 0.05) is 43.5 Å². The van der Waals surface area contributed by atoms with E-state index in [1.807, 2.05) is 30.5 Å². The monoisotopic (exact) mass is 538 g/mol. The van der Waals surface area contributed by atoms with E-state index in [0.29, 0.717) is 40.7 Å². The smallest absolute Gasteiger partial charge is 0.253 e. The van der Waals surface area contributed by atoms with E-state index in [-0.39, 0.29) is 17.6 Å². The van der Waals surface area contributed by atoms with Crippen molar-refractivity contribution in [2.24, 2.45) is 0 Å². The lowest BCUT2D eigenvalue weighted by molar-refractivity contribution is 0.0827. The topological polar surface area (TPSA) is 101 Å². The molecule has 2 N–H and O–H groups in total. The zero-order valence-electron chi connectivity index (χ0n) is 22.2. The van der Waals surface area contributed by atoms with Crippen LogP contribution in [0.3, 0.4) is 0 Å². The van der Waals surface area contributed by atoms with Crippen LogP contribution < -0.4 is 15.4 Å². The third-order valence-electron chi connectivity index (χ3n) is 6.28.